The zero-order valence-electron chi connectivity index (χ0n) is 12.6. The summed E-state index contributed by atoms with van der Waals surface area (Å²) in [5.41, 5.74) is 3.07. The van der Waals surface area contributed by atoms with Crippen molar-refractivity contribution in [1.29, 1.82) is 0 Å². The average Bonchev–Trinajstić information content (AvgIpc) is 3.03. The standard InChI is InChI=1S/C18H15ClN2O2/c1-13-4-2-3-5-15(13)10-21-22-12-18-20-11-17(23-18)14-6-8-16(19)9-7-14/h2-11H,12H2,1H3/b21-10-. The number of hydrogen-bond acceptors (Lipinski definition) is 4. The number of hydrogen-bond donors (Lipinski definition) is 0. The highest BCUT2D eigenvalue weighted by Gasteiger charge is 2.06. The Labute approximate surface area is 139 Å². The highest BCUT2D eigenvalue weighted by Crippen LogP contribution is 2.22. The summed E-state index contributed by atoms with van der Waals surface area (Å²) in [6, 6.07) is 15.3. The number of oxime groups is 1. The molecule has 0 spiro atoms. The number of nitrogens with zero attached hydrogens (tertiary/aromatic N) is 2. The van der Waals surface area contributed by atoms with E-state index in [1.165, 1.54) is 0 Å². The van der Waals surface area contributed by atoms with Gasteiger partial charge >= 0.3 is 0 Å². The van der Waals surface area contributed by atoms with E-state index in [1.807, 2.05) is 55.5 Å². The van der Waals surface area contributed by atoms with Crippen LogP contribution in [0.1, 0.15) is 17.0 Å². The van der Waals surface area contributed by atoms with E-state index in [1.54, 1.807) is 12.4 Å². The molecule has 0 saturated carbocycles. The van der Waals surface area contributed by atoms with Crippen LogP contribution in [-0.4, -0.2) is 11.2 Å². The van der Waals surface area contributed by atoms with E-state index >= 15 is 0 Å². The molecule has 5 heteroatoms. The van der Waals surface area contributed by atoms with Crippen molar-refractivity contribution in [1.82, 2.24) is 4.98 Å². The Morgan fingerprint density at radius 3 is 2.74 bits per heavy atom. The molecule has 0 aliphatic heterocycles. The quantitative estimate of drug-likeness (QED) is 0.497. The number of aryl methyl sites for hydroxylation is 1. The average molecular weight is 327 g/mol. The zero-order valence-corrected chi connectivity index (χ0v) is 13.3. The van der Waals surface area contributed by atoms with E-state index in [-0.39, 0.29) is 6.61 Å². The van der Waals surface area contributed by atoms with Crippen molar-refractivity contribution >= 4 is 17.8 Å². The smallest absolute Gasteiger partial charge is 0.235 e. The first-order valence-corrected chi connectivity index (χ1v) is 7.52. The molecule has 1 aromatic heterocycles. The molecular formula is C18H15ClN2O2. The molecule has 0 bridgehead atoms. The lowest BCUT2D eigenvalue weighted by Gasteiger charge is -1.98. The maximum atomic E-state index is 5.87. The Morgan fingerprint density at radius 1 is 1.17 bits per heavy atom. The molecule has 3 aromatic rings. The second kappa shape index (κ2) is 7.11. The van der Waals surface area contributed by atoms with Crippen LogP contribution in [0.4, 0.5) is 0 Å². The molecule has 0 aliphatic carbocycles. The van der Waals surface area contributed by atoms with Gasteiger partial charge in [-0.25, -0.2) is 4.98 Å². The normalized spacial score (nSPS) is 11.0. The molecule has 0 atom stereocenters. The highest BCUT2D eigenvalue weighted by atomic mass is 35.5. The van der Waals surface area contributed by atoms with Crippen molar-refractivity contribution in [2.75, 3.05) is 0 Å². The SMILES string of the molecule is Cc1ccccc1/C=N\OCc1ncc(-c2ccc(Cl)cc2)o1. The van der Waals surface area contributed by atoms with Crippen LogP contribution in [0.5, 0.6) is 0 Å². The van der Waals surface area contributed by atoms with E-state index in [4.69, 9.17) is 20.9 Å². The molecular weight excluding hydrogens is 312 g/mol. The summed E-state index contributed by atoms with van der Waals surface area (Å²) < 4.78 is 5.63. The molecule has 0 amide bonds. The van der Waals surface area contributed by atoms with E-state index in [9.17, 15) is 0 Å². The van der Waals surface area contributed by atoms with E-state index in [0.717, 1.165) is 16.7 Å². The van der Waals surface area contributed by atoms with Gasteiger partial charge in [-0.05, 0) is 42.3 Å². The summed E-state index contributed by atoms with van der Waals surface area (Å²) >= 11 is 5.87. The fraction of sp³-hybridized carbons (Fsp3) is 0.111. The summed E-state index contributed by atoms with van der Waals surface area (Å²) in [7, 11) is 0. The predicted octanol–water partition coefficient (Wildman–Crippen LogP) is 4.85. The summed E-state index contributed by atoms with van der Waals surface area (Å²) in [5, 5.41) is 4.63. The van der Waals surface area contributed by atoms with Gasteiger partial charge in [-0.3, -0.25) is 0 Å². The summed E-state index contributed by atoms with van der Waals surface area (Å²) in [5.74, 6) is 1.14. The van der Waals surface area contributed by atoms with Gasteiger partial charge < -0.3 is 9.25 Å². The lowest BCUT2D eigenvalue weighted by molar-refractivity contribution is 0.113. The maximum absolute atomic E-state index is 5.87. The van der Waals surface area contributed by atoms with Crippen LogP contribution >= 0.6 is 11.6 Å². The zero-order chi connectivity index (χ0) is 16.1. The van der Waals surface area contributed by atoms with Gasteiger partial charge in [0, 0.05) is 10.6 Å². The largest absolute Gasteiger partial charge is 0.437 e. The monoisotopic (exact) mass is 326 g/mol. The molecule has 3 rings (SSSR count). The van der Waals surface area contributed by atoms with Crippen LogP contribution in [0.15, 0.2) is 64.3 Å². The van der Waals surface area contributed by atoms with Crippen molar-refractivity contribution in [3.63, 3.8) is 0 Å². The first-order chi connectivity index (χ1) is 11.2. The second-order valence-corrected chi connectivity index (χ2v) is 5.43. The lowest BCUT2D eigenvalue weighted by atomic mass is 10.1. The van der Waals surface area contributed by atoms with E-state index < -0.39 is 0 Å². The van der Waals surface area contributed by atoms with Gasteiger partial charge in [0.2, 0.25) is 5.89 Å². The fourth-order valence-electron chi connectivity index (χ4n) is 2.04. The highest BCUT2D eigenvalue weighted by molar-refractivity contribution is 6.30. The Hall–Kier alpha value is -2.59. The minimum atomic E-state index is 0.177. The van der Waals surface area contributed by atoms with Crippen LogP contribution < -0.4 is 0 Å². The van der Waals surface area contributed by atoms with Gasteiger partial charge in [-0.1, -0.05) is 41.0 Å². The Balaban J connectivity index is 1.59. The van der Waals surface area contributed by atoms with Crippen LogP contribution in [0.25, 0.3) is 11.3 Å². The van der Waals surface area contributed by atoms with Gasteiger partial charge in [0.1, 0.15) is 0 Å². The summed E-state index contributed by atoms with van der Waals surface area (Å²) in [6.07, 6.45) is 3.34. The van der Waals surface area contributed by atoms with Gasteiger partial charge in [0.25, 0.3) is 0 Å². The number of halogens is 1. The molecule has 0 fully saturated rings. The van der Waals surface area contributed by atoms with Gasteiger partial charge in [0.05, 0.1) is 12.4 Å². The first kappa shape index (κ1) is 15.3. The second-order valence-electron chi connectivity index (χ2n) is 4.99. The maximum Gasteiger partial charge on any atom is 0.235 e. The molecule has 0 radical (unpaired) electrons. The first-order valence-electron chi connectivity index (χ1n) is 7.14. The molecule has 116 valence electrons. The number of oxazole rings is 1. The van der Waals surface area contributed by atoms with Crippen LogP contribution in [0.2, 0.25) is 5.02 Å². The van der Waals surface area contributed by atoms with Crippen molar-refractivity contribution in [3.8, 4) is 11.3 Å². The molecule has 0 saturated heterocycles. The Bertz CT molecular complexity index is 810. The van der Waals surface area contributed by atoms with Crippen molar-refractivity contribution in [2.24, 2.45) is 5.16 Å². The third-order valence-corrected chi connectivity index (χ3v) is 3.58. The van der Waals surface area contributed by atoms with Crippen LogP contribution in [-0.2, 0) is 11.4 Å². The molecule has 1 heterocycles. The molecule has 0 aliphatic rings. The topological polar surface area (TPSA) is 47.6 Å². The lowest BCUT2D eigenvalue weighted by Crippen LogP contribution is -1.89. The van der Waals surface area contributed by atoms with Gasteiger partial charge in [-0.2, -0.15) is 0 Å². The van der Waals surface area contributed by atoms with E-state index in [2.05, 4.69) is 10.1 Å². The van der Waals surface area contributed by atoms with Gasteiger partial charge in [0.15, 0.2) is 12.4 Å². The van der Waals surface area contributed by atoms with E-state index in [0.29, 0.717) is 16.7 Å². The number of rotatable bonds is 5. The van der Waals surface area contributed by atoms with Crippen molar-refractivity contribution in [3.05, 3.63) is 76.8 Å². The molecule has 2 aromatic carbocycles. The predicted molar refractivity (Wildman–Crippen MR) is 90.5 cm³/mol. The minimum absolute atomic E-state index is 0.177. The fourth-order valence-corrected chi connectivity index (χ4v) is 2.17. The molecule has 23 heavy (non-hydrogen) atoms. The Kier molecular flexibility index (Phi) is 4.74. The van der Waals surface area contributed by atoms with Crippen molar-refractivity contribution < 1.29 is 9.25 Å². The summed E-state index contributed by atoms with van der Waals surface area (Å²) in [4.78, 5) is 9.42. The van der Waals surface area contributed by atoms with Gasteiger partial charge in [-0.15, -0.1) is 0 Å². The minimum Gasteiger partial charge on any atom is -0.437 e. The molecule has 0 N–H and O–H groups in total. The van der Waals surface area contributed by atoms with Crippen molar-refractivity contribution in [2.45, 2.75) is 13.5 Å². The third kappa shape index (κ3) is 3.99. The summed E-state index contributed by atoms with van der Waals surface area (Å²) in [6.45, 7) is 2.20. The van der Waals surface area contributed by atoms with Crippen LogP contribution in [0.3, 0.4) is 0 Å². The third-order valence-electron chi connectivity index (χ3n) is 3.33. The number of aromatic nitrogens is 1. The number of benzene rings is 2. The molecule has 4 nitrogen and oxygen atoms in total. The van der Waals surface area contributed by atoms with Crippen LogP contribution in [0, 0.1) is 6.92 Å². The molecule has 0 unspecified atom stereocenters. The Morgan fingerprint density at radius 2 is 1.96 bits per heavy atom.